The normalized spacial score (nSPS) is 30.8. The van der Waals surface area contributed by atoms with Crippen LogP contribution in [0.15, 0.2) is 0 Å². The summed E-state index contributed by atoms with van der Waals surface area (Å²) in [7, 11) is 0. The Bertz CT molecular complexity index is 207. The Morgan fingerprint density at radius 1 is 1.19 bits per heavy atom. The van der Waals surface area contributed by atoms with E-state index in [2.05, 4.69) is 24.1 Å². The maximum atomic E-state index is 3.74. The van der Waals surface area contributed by atoms with Crippen LogP contribution in [0.3, 0.4) is 0 Å². The lowest BCUT2D eigenvalue weighted by molar-refractivity contribution is 0.225. The van der Waals surface area contributed by atoms with Crippen LogP contribution in [0, 0.1) is 5.41 Å². The molecule has 1 atom stereocenters. The first-order valence-corrected chi connectivity index (χ1v) is 7.11. The molecule has 1 aliphatic heterocycles. The SMILES string of the molecule is CC1(C)CCC(NCCN2CCCCC2)C1. The maximum absolute atomic E-state index is 3.74. The first kappa shape index (κ1) is 12.4. The summed E-state index contributed by atoms with van der Waals surface area (Å²) in [6.07, 6.45) is 8.42. The second-order valence-corrected chi connectivity index (χ2v) is 6.46. The van der Waals surface area contributed by atoms with E-state index in [0.717, 1.165) is 6.04 Å². The standard InChI is InChI=1S/C14H28N2/c1-14(2)7-6-13(12-14)15-8-11-16-9-4-3-5-10-16/h13,15H,3-12H2,1-2H3. The highest BCUT2D eigenvalue weighted by atomic mass is 15.1. The van der Waals surface area contributed by atoms with Gasteiger partial charge in [0.2, 0.25) is 0 Å². The number of hydrogen-bond acceptors (Lipinski definition) is 2. The molecule has 0 aromatic heterocycles. The van der Waals surface area contributed by atoms with Gasteiger partial charge >= 0.3 is 0 Å². The predicted molar refractivity (Wildman–Crippen MR) is 69.7 cm³/mol. The fraction of sp³-hybridized carbons (Fsp3) is 1.00. The minimum atomic E-state index is 0.586. The van der Waals surface area contributed by atoms with Crippen LogP contribution in [0.2, 0.25) is 0 Å². The molecule has 0 bridgehead atoms. The van der Waals surface area contributed by atoms with Crippen LogP contribution in [-0.4, -0.2) is 37.1 Å². The molecular weight excluding hydrogens is 196 g/mol. The van der Waals surface area contributed by atoms with Crippen LogP contribution in [0.4, 0.5) is 0 Å². The fourth-order valence-electron chi connectivity index (χ4n) is 3.22. The smallest absolute Gasteiger partial charge is 0.0107 e. The molecule has 0 radical (unpaired) electrons. The Hall–Kier alpha value is -0.0800. The minimum Gasteiger partial charge on any atom is -0.313 e. The monoisotopic (exact) mass is 224 g/mol. The van der Waals surface area contributed by atoms with Gasteiger partial charge < -0.3 is 10.2 Å². The summed E-state index contributed by atoms with van der Waals surface area (Å²) in [5, 5.41) is 3.74. The van der Waals surface area contributed by atoms with Gasteiger partial charge in [0.1, 0.15) is 0 Å². The highest BCUT2D eigenvalue weighted by molar-refractivity contribution is 4.86. The zero-order valence-corrected chi connectivity index (χ0v) is 11.1. The van der Waals surface area contributed by atoms with Crippen molar-refractivity contribution in [3.05, 3.63) is 0 Å². The summed E-state index contributed by atoms with van der Waals surface area (Å²) in [5.74, 6) is 0. The first-order chi connectivity index (χ1) is 7.66. The molecule has 16 heavy (non-hydrogen) atoms. The van der Waals surface area contributed by atoms with Crippen molar-refractivity contribution in [2.75, 3.05) is 26.2 Å². The van der Waals surface area contributed by atoms with Crippen molar-refractivity contribution in [2.45, 2.75) is 58.4 Å². The number of hydrogen-bond donors (Lipinski definition) is 1. The highest BCUT2D eigenvalue weighted by Gasteiger charge is 2.30. The molecule has 1 heterocycles. The van der Waals surface area contributed by atoms with E-state index in [1.165, 1.54) is 64.7 Å². The lowest BCUT2D eigenvalue weighted by atomic mass is 9.92. The zero-order valence-electron chi connectivity index (χ0n) is 11.1. The van der Waals surface area contributed by atoms with Crippen LogP contribution in [0.25, 0.3) is 0 Å². The molecule has 2 aliphatic rings. The minimum absolute atomic E-state index is 0.586. The Labute approximate surface area is 101 Å². The van der Waals surface area contributed by atoms with Crippen LogP contribution in [0.5, 0.6) is 0 Å². The predicted octanol–water partition coefficient (Wildman–Crippen LogP) is 2.64. The summed E-state index contributed by atoms with van der Waals surface area (Å²) in [5.41, 5.74) is 0.586. The number of likely N-dealkylation sites (tertiary alicyclic amines) is 1. The molecule has 0 spiro atoms. The van der Waals surface area contributed by atoms with E-state index in [9.17, 15) is 0 Å². The first-order valence-electron chi connectivity index (χ1n) is 7.11. The summed E-state index contributed by atoms with van der Waals surface area (Å²) >= 11 is 0. The van der Waals surface area contributed by atoms with E-state index in [4.69, 9.17) is 0 Å². The second-order valence-electron chi connectivity index (χ2n) is 6.46. The number of nitrogens with zero attached hydrogens (tertiary/aromatic N) is 1. The van der Waals surface area contributed by atoms with Crippen molar-refractivity contribution in [3.8, 4) is 0 Å². The van der Waals surface area contributed by atoms with Gasteiger partial charge in [-0.1, -0.05) is 20.3 Å². The Kier molecular flexibility index (Phi) is 4.26. The van der Waals surface area contributed by atoms with Gasteiger partial charge in [0.25, 0.3) is 0 Å². The van der Waals surface area contributed by atoms with Gasteiger partial charge in [0.05, 0.1) is 0 Å². The molecule has 1 N–H and O–H groups in total. The zero-order chi connectivity index (χ0) is 11.4. The van der Waals surface area contributed by atoms with Crippen molar-refractivity contribution in [1.82, 2.24) is 10.2 Å². The van der Waals surface area contributed by atoms with Crippen LogP contribution < -0.4 is 5.32 Å². The Balaban J connectivity index is 1.58. The molecule has 2 rings (SSSR count). The van der Waals surface area contributed by atoms with Crippen LogP contribution in [-0.2, 0) is 0 Å². The molecule has 2 nitrogen and oxygen atoms in total. The topological polar surface area (TPSA) is 15.3 Å². The molecule has 2 heteroatoms. The lowest BCUT2D eigenvalue weighted by Gasteiger charge is -2.27. The van der Waals surface area contributed by atoms with Gasteiger partial charge in [-0.05, 0) is 50.6 Å². The third kappa shape index (κ3) is 3.74. The Morgan fingerprint density at radius 3 is 2.56 bits per heavy atom. The highest BCUT2D eigenvalue weighted by Crippen LogP contribution is 2.36. The van der Waals surface area contributed by atoms with E-state index >= 15 is 0 Å². The quantitative estimate of drug-likeness (QED) is 0.790. The molecular formula is C14H28N2. The van der Waals surface area contributed by atoms with Gasteiger partial charge in [0.15, 0.2) is 0 Å². The third-order valence-corrected chi connectivity index (χ3v) is 4.28. The van der Waals surface area contributed by atoms with E-state index in [1.54, 1.807) is 0 Å². The summed E-state index contributed by atoms with van der Waals surface area (Å²) < 4.78 is 0. The molecule has 1 saturated heterocycles. The van der Waals surface area contributed by atoms with Crippen LogP contribution >= 0.6 is 0 Å². The number of nitrogens with one attached hydrogen (secondary N) is 1. The second kappa shape index (κ2) is 5.50. The van der Waals surface area contributed by atoms with Gasteiger partial charge in [-0.2, -0.15) is 0 Å². The molecule has 0 aromatic carbocycles. The van der Waals surface area contributed by atoms with Gasteiger partial charge in [0, 0.05) is 19.1 Å². The third-order valence-electron chi connectivity index (χ3n) is 4.28. The van der Waals surface area contributed by atoms with Crippen molar-refractivity contribution < 1.29 is 0 Å². The van der Waals surface area contributed by atoms with Crippen molar-refractivity contribution in [1.29, 1.82) is 0 Å². The van der Waals surface area contributed by atoms with Gasteiger partial charge in [-0.25, -0.2) is 0 Å². The Morgan fingerprint density at radius 2 is 1.94 bits per heavy atom. The van der Waals surface area contributed by atoms with Crippen molar-refractivity contribution in [3.63, 3.8) is 0 Å². The molecule has 2 fully saturated rings. The van der Waals surface area contributed by atoms with Crippen LogP contribution in [0.1, 0.15) is 52.4 Å². The van der Waals surface area contributed by atoms with E-state index in [1.807, 2.05) is 0 Å². The summed E-state index contributed by atoms with van der Waals surface area (Å²) in [6.45, 7) is 9.92. The molecule has 0 amide bonds. The van der Waals surface area contributed by atoms with E-state index in [-0.39, 0.29) is 0 Å². The molecule has 1 aliphatic carbocycles. The summed E-state index contributed by atoms with van der Waals surface area (Å²) in [6, 6.07) is 0.791. The molecule has 0 aromatic rings. The largest absolute Gasteiger partial charge is 0.313 e. The maximum Gasteiger partial charge on any atom is 0.0107 e. The molecule has 1 unspecified atom stereocenters. The van der Waals surface area contributed by atoms with Crippen molar-refractivity contribution >= 4 is 0 Å². The van der Waals surface area contributed by atoms with E-state index < -0.39 is 0 Å². The number of rotatable bonds is 4. The van der Waals surface area contributed by atoms with E-state index in [0.29, 0.717) is 5.41 Å². The lowest BCUT2D eigenvalue weighted by Crippen LogP contribution is -2.38. The number of piperidine rings is 1. The van der Waals surface area contributed by atoms with Gasteiger partial charge in [-0.3, -0.25) is 0 Å². The van der Waals surface area contributed by atoms with Gasteiger partial charge in [-0.15, -0.1) is 0 Å². The molecule has 94 valence electrons. The molecule has 1 saturated carbocycles. The average Bonchev–Trinajstić information content (AvgIpc) is 2.60. The average molecular weight is 224 g/mol. The fourth-order valence-corrected chi connectivity index (χ4v) is 3.22. The summed E-state index contributed by atoms with van der Waals surface area (Å²) in [4.78, 5) is 2.62. The van der Waals surface area contributed by atoms with Crippen molar-refractivity contribution in [2.24, 2.45) is 5.41 Å².